The fourth-order valence-electron chi connectivity index (χ4n) is 0.791. The zero-order valence-corrected chi connectivity index (χ0v) is 9.32. The van der Waals surface area contributed by atoms with Gasteiger partial charge in [-0.05, 0) is 24.4 Å². The number of rotatable bonds is 3. The molecule has 0 N–H and O–H groups in total. The Morgan fingerprint density at radius 1 is 1.42 bits per heavy atom. The third-order valence-electron chi connectivity index (χ3n) is 1.36. The van der Waals surface area contributed by atoms with Crippen molar-refractivity contribution in [3.05, 3.63) is 22.2 Å². The zero-order valence-electron chi connectivity index (χ0n) is 6.23. The van der Waals surface area contributed by atoms with Crippen LogP contribution in [-0.2, 0) is 6.42 Å². The number of hydrogen-bond acceptors (Lipinski definition) is 2. The SMILES string of the molecule is Clc1ncc(CCCBr)c(Cl)n1. The van der Waals surface area contributed by atoms with E-state index in [4.69, 9.17) is 23.2 Å². The highest BCUT2D eigenvalue weighted by molar-refractivity contribution is 9.09. The maximum absolute atomic E-state index is 5.81. The molecule has 0 aliphatic rings. The summed E-state index contributed by atoms with van der Waals surface area (Å²) in [5.41, 5.74) is 0.945. The molecule has 0 bridgehead atoms. The molecule has 0 radical (unpaired) electrons. The quantitative estimate of drug-likeness (QED) is 0.479. The summed E-state index contributed by atoms with van der Waals surface area (Å²) in [4.78, 5) is 7.68. The van der Waals surface area contributed by atoms with E-state index in [2.05, 4.69) is 25.9 Å². The number of alkyl halides is 1. The van der Waals surface area contributed by atoms with E-state index in [0.29, 0.717) is 5.15 Å². The second kappa shape index (κ2) is 5.00. The van der Waals surface area contributed by atoms with Crippen LogP contribution in [-0.4, -0.2) is 15.3 Å². The third kappa shape index (κ3) is 2.88. The van der Waals surface area contributed by atoms with Crippen LogP contribution < -0.4 is 0 Å². The van der Waals surface area contributed by atoms with Crippen molar-refractivity contribution in [2.24, 2.45) is 0 Å². The number of aryl methyl sites for hydroxylation is 1. The Morgan fingerprint density at radius 2 is 2.17 bits per heavy atom. The van der Waals surface area contributed by atoms with Gasteiger partial charge in [0.2, 0.25) is 5.28 Å². The van der Waals surface area contributed by atoms with Crippen LogP contribution in [0.3, 0.4) is 0 Å². The van der Waals surface area contributed by atoms with Crippen molar-refractivity contribution in [2.45, 2.75) is 12.8 Å². The maximum Gasteiger partial charge on any atom is 0.223 e. The average molecular weight is 270 g/mol. The van der Waals surface area contributed by atoms with Crippen molar-refractivity contribution in [1.29, 1.82) is 0 Å². The van der Waals surface area contributed by atoms with Gasteiger partial charge in [-0.25, -0.2) is 9.97 Å². The predicted molar refractivity (Wildman–Crippen MR) is 54.2 cm³/mol. The summed E-state index contributed by atoms with van der Waals surface area (Å²) in [6, 6.07) is 0. The van der Waals surface area contributed by atoms with Crippen molar-refractivity contribution in [3.63, 3.8) is 0 Å². The fraction of sp³-hybridized carbons (Fsp3) is 0.429. The average Bonchev–Trinajstić information content (AvgIpc) is 2.03. The van der Waals surface area contributed by atoms with Crippen molar-refractivity contribution in [2.75, 3.05) is 5.33 Å². The first-order valence-electron chi connectivity index (χ1n) is 3.47. The minimum atomic E-state index is 0.197. The molecule has 0 atom stereocenters. The molecule has 0 spiro atoms. The lowest BCUT2D eigenvalue weighted by Crippen LogP contribution is -1.92. The molecule has 5 heteroatoms. The van der Waals surface area contributed by atoms with E-state index in [9.17, 15) is 0 Å². The summed E-state index contributed by atoms with van der Waals surface area (Å²) < 4.78 is 0. The molecule has 1 heterocycles. The molecule has 1 rings (SSSR count). The van der Waals surface area contributed by atoms with Crippen molar-refractivity contribution >= 4 is 39.1 Å². The second-order valence-electron chi connectivity index (χ2n) is 2.25. The molecule has 0 aliphatic carbocycles. The van der Waals surface area contributed by atoms with Gasteiger partial charge in [-0.1, -0.05) is 27.5 Å². The Labute approximate surface area is 89.4 Å². The number of aromatic nitrogens is 2. The van der Waals surface area contributed by atoms with Crippen molar-refractivity contribution in [1.82, 2.24) is 9.97 Å². The minimum Gasteiger partial charge on any atom is -0.226 e. The van der Waals surface area contributed by atoms with Gasteiger partial charge in [-0.15, -0.1) is 0 Å². The molecular weight excluding hydrogens is 263 g/mol. The molecule has 2 nitrogen and oxygen atoms in total. The van der Waals surface area contributed by atoms with Crippen LogP contribution in [0, 0.1) is 0 Å². The lowest BCUT2D eigenvalue weighted by atomic mass is 10.2. The molecule has 0 saturated carbocycles. The van der Waals surface area contributed by atoms with Gasteiger partial charge < -0.3 is 0 Å². The van der Waals surface area contributed by atoms with Crippen LogP contribution in [0.2, 0.25) is 10.4 Å². The highest BCUT2D eigenvalue weighted by Gasteiger charge is 2.02. The van der Waals surface area contributed by atoms with Gasteiger partial charge in [0.15, 0.2) is 0 Å². The molecule has 66 valence electrons. The summed E-state index contributed by atoms with van der Waals surface area (Å²) in [7, 11) is 0. The van der Waals surface area contributed by atoms with E-state index in [0.717, 1.165) is 23.7 Å². The first kappa shape index (κ1) is 10.2. The van der Waals surface area contributed by atoms with Gasteiger partial charge in [0.05, 0.1) is 0 Å². The Kier molecular flexibility index (Phi) is 4.26. The smallest absolute Gasteiger partial charge is 0.223 e. The summed E-state index contributed by atoms with van der Waals surface area (Å²) in [6.07, 6.45) is 3.56. The van der Waals surface area contributed by atoms with Crippen LogP contribution >= 0.6 is 39.1 Å². The van der Waals surface area contributed by atoms with E-state index in [1.807, 2.05) is 0 Å². The molecule has 0 aliphatic heterocycles. The second-order valence-corrected chi connectivity index (χ2v) is 3.74. The van der Waals surface area contributed by atoms with E-state index in [1.165, 1.54) is 0 Å². The molecule has 0 unspecified atom stereocenters. The molecule has 1 aromatic rings. The van der Waals surface area contributed by atoms with Gasteiger partial charge in [-0.3, -0.25) is 0 Å². The largest absolute Gasteiger partial charge is 0.226 e. The fourth-order valence-corrected chi connectivity index (χ4v) is 1.47. The van der Waals surface area contributed by atoms with E-state index >= 15 is 0 Å². The molecule has 0 aromatic carbocycles. The van der Waals surface area contributed by atoms with Crippen LogP contribution in [0.1, 0.15) is 12.0 Å². The molecule has 12 heavy (non-hydrogen) atoms. The van der Waals surface area contributed by atoms with Gasteiger partial charge >= 0.3 is 0 Å². The molecule has 1 aromatic heterocycles. The van der Waals surface area contributed by atoms with Gasteiger partial charge in [-0.2, -0.15) is 0 Å². The molecule has 0 amide bonds. The van der Waals surface area contributed by atoms with Crippen LogP contribution in [0.15, 0.2) is 6.20 Å². The summed E-state index contributed by atoms with van der Waals surface area (Å²) in [6.45, 7) is 0. The van der Waals surface area contributed by atoms with Crippen LogP contribution in [0.25, 0.3) is 0 Å². The molecular formula is C7H7BrCl2N2. The topological polar surface area (TPSA) is 25.8 Å². The predicted octanol–water partition coefficient (Wildman–Crippen LogP) is 3.11. The number of halogens is 3. The van der Waals surface area contributed by atoms with Crippen LogP contribution in [0.5, 0.6) is 0 Å². The Bertz CT molecular complexity index is 268. The Balaban J connectivity index is 2.72. The van der Waals surface area contributed by atoms with Crippen molar-refractivity contribution < 1.29 is 0 Å². The highest BCUT2D eigenvalue weighted by atomic mass is 79.9. The Morgan fingerprint density at radius 3 is 2.75 bits per heavy atom. The molecule has 0 saturated heterocycles. The van der Waals surface area contributed by atoms with E-state index < -0.39 is 0 Å². The third-order valence-corrected chi connectivity index (χ3v) is 2.43. The monoisotopic (exact) mass is 268 g/mol. The van der Waals surface area contributed by atoms with Gasteiger partial charge in [0.25, 0.3) is 0 Å². The summed E-state index contributed by atoms with van der Waals surface area (Å²) >= 11 is 14.7. The van der Waals surface area contributed by atoms with E-state index in [1.54, 1.807) is 6.20 Å². The lowest BCUT2D eigenvalue weighted by molar-refractivity contribution is 0.916. The Hall–Kier alpha value is 0.140. The standard InChI is InChI=1S/C7H7BrCl2N2/c8-3-1-2-5-4-11-7(10)12-6(5)9/h4H,1-3H2. The molecule has 0 fully saturated rings. The normalized spacial score (nSPS) is 10.2. The number of nitrogens with zero attached hydrogens (tertiary/aromatic N) is 2. The van der Waals surface area contributed by atoms with Gasteiger partial charge in [0.1, 0.15) is 5.15 Å². The van der Waals surface area contributed by atoms with Gasteiger partial charge in [0, 0.05) is 17.1 Å². The van der Waals surface area contributed by atoms with E-state index in [-0.39, 0.29) is 5.28 Å². The minimum absolute atomic E-state index is 0.197. The number of hydrogen-bond donors (Lipinski definition) is 0. The van der Waals surface area contributed by atoms with Crippen molar-refractivity contribution in [3.8, 4) is 0 Å². The maximum atomic E-state index is 5.81. The van der Waals surface area contributed by atoms with Crippen LogP contribution in [0.4, 0.5) is 0 Å². The summed E-state index contributed by atoms with van der Waals surface area (Å²) in [5, 5.41) is 1.60. The summed E-state index contributed by atoms with van der Waals surface area (Å²) in [5.74, 6) is 0. The lowest BCUT2D eigenvalue weighted by Gasteiger charge is -2.00. The first-order chi connectivity index (χ1) is 5.74. The first-order valence-corrected chi connectivity index (χ1v) is 5.34. The zero-order chi connectivity index (χ0) is 8.97. The highest BCUT2D eigenvalue weighted by Crippen LogP contribution is 2.15.